The van der Waals surface area contributed by atoms with Gasteiger partial charge in [-0.15, -0.1) is 0 Å². The molecule has 3 aromatic rings. The molecule has 12 heteroatoms. The van der Waals surface area contributed by atoms with Crippen molar-refractivity contribution in [3.63, 3.8) is 0 Å². The molecule has 34 heavy (non-hydrogen) atoms. The van der Waals surface area contributed by atoms with Crippen LogP contribution in [0.5, 0.6) is 11.5 Å². The van der Waals surface area contributed by atoms with Crippen molar-refractivity contribution in [2.45, 2.75) is 43.0 Å². The van der Waals surface area contributed by atoms with Crippen LogP contribution in [0, 0.1) is 0 Å². The summed E-state index contributed by atoms with van der Waals surface area (Å²) in [5, 5.41) is 7.51. The lowest BCUT2D eigenvalue weighted by atomic mass is 9.39. The predicted molar refractivity (Wildman–Crippen MR) is 111 cm³/mol. The zero-order valence-electron chi connectivity index (χ0n) is 17.6. The largest absolute Gasteiger partial charge is 0.485 e. The van der Waals surface area contributed by atoms with E-state index in [4.69, 9.17) is 25.6 Å². The summed E-state index contributed by atoms with van der Waals surface area (Å²) in [6, 6.07) is 8.86. The minimum Gasteiger partial charge on any atom is -0.485 e. The molecular weight excluding hydrogens is 477 g/mol. The van der Waals surface area contributed by atoms with Gasteiger partial charge < -0.3 is 19.3 Å². The lowest BCUT2D eigenvalue weighted by Gasteiger charge is -2.68. The Balaban J connectivity index is 1.08. The Morgan fingerprint density at radius 2 is 1.79 bits per heavy atom. The van der Waals surface area contributed by atoms with E-state index in [0.717, 1.165) is 18.3 Å². The molecule has 1 N–H and O–H groups in total. The number of amides is 1. The second-order valence-corrected chi connectivity index (χ2v) is 9.00. The zero-order chi connectivity index (χ0) is 24.0. The maximum absolute atomic E-state index is 12.6. The fourth-order valence-corrected chi connectivity index (χ4v) is 4.59. The Hall–Kier alpha value is -3.34. The highest BCUT2D eigenvalue weighted by molar-refractivity contribution is 6.30. The summed E-state index contributed by atoms with van der Waals surface area (Å²) in [6.07, 6.45) is -1.61. The molecule has 2 heterocycles. The number of aromatic nitrogens is 3. The molecule has 2 bridgehead atoms. The summed E-state index contributed by atoms with van der Waals surface area (Å²) in [5.74, 6) is 1.29. The van der Waals surface area contributed by atoms with Crippen molar-refractivity contribution in [2.24, 2.45) is 0 Å². The molecule has 0 aliphatic heterocycles. The maximum atomic E-state index is 12.6. The Labute approximate surface area is 196 Å². The number of pyridine rings is 1. The molecule has 3 aliphatic carbocycles. The van der Waals surface area contributed by atoms with Crippen LogP contribution in [-0.4, -0.2) is 33.2 Å². The van der Waals surface area contributed by atoms with Gasteiger partial charge in [0.1, 0.15) is 17.2 Å². The van der Waals surface area contributed by atoms with E-state index < -0.39 is 11.9 Å². The lowest BCUT2D eigenvalue weighted by Crippen LogP contribution is -2.77. The summed E-state index contributed by atoms with van der Waals surface area (Å²) >= 11 is 5.85. The van der Waals surface area contributed by atoms with Gasteiger partial charge >= 0.3 is 6.18 Å². The molecule has 0 unspecified atom stereocenters. The molecule has 3 saturated carbocycles. The Bertz CT molecular complexity index is 1180. The van der Waals surface area contributed by atoms with Crippen molar-refractivity contribution in [3.05, 3.63) is 65.0 Å². The lowest BCUT2D eigenvalue weighted by molar-refractivity contribution is -0.144. The average molecular weight is 495 g/mol. The van der Waals surface area contributed by atoms with Crippen LogP contribution in [-0.2, 0) is 23.0 Å². The Morgan fingerprint density at radius 3 is 2.44 bits per heavy atom. The van der Waals surface area contributed by atoms with Gasteiger partial charge in [-0.05, 0) is 55.7 Å². The standard InChI is InChI=1S/C22H18ClF3N4O4/c23-13-1-3-14(4-2-13)32-8-17-28-19(34-30-17)20-10-21(11-20,12-20)29-18(31)9-33-15-5-6-16(27-7-15)22(24,25)26/h1-7H,8-12H2,(H,29,31). The second kappa shape index (κ2) is 8.15. The topological polar surface area (TPSA) is 99.4 Å². The van der Waals surface area contributed by atoms with E-state index in [1.165, 1.54) is 0 Å². The van der Waals surface area contributed by atoms with Crippen LogP contribution in [0.4, 0.5) is 13.2 Å². The van der Waals surface area contributed by atoms with Crippen molar-refractivity contribution in [1.29, 1.82) is 0 Å². The van der Waals surface area contributed by atoms with Crippen molar-refractivity contribution in [2.75, 3.05) is 6.61 Å². The monoisotopic (exact) mass is 494 g/mol. The van der Waals surface area contributed by atoms with Crippen molar-refractivity contribution >= 4 is 17.5 Å². The number of carbonyl (C=O) groups is 1. The number of hydrogen-bond donors (Lipinski definition) is 1. The molecule has 0 radical (unpaired) electrons. The number of benzene rings is 1. The maximum Gasteiger partial charge on any atom is 0.433 e. The van der Waals surface area contributed by atoms with Crippen LogP contribution in [0.2, 0.25) is 5.02 Å². The third kappa shape index (κ3) is 4.39. The van der Waals surface area contributed by atoms with Crippen LogP contribution in [0.15, 0.2) is 47.1 Å². The third-order valence-corrected chi connectivity index (χ3v) is 6.19. The highest BCUT2D eigenvalue weighted by Gasteiger charge is 2.72. The van der Waals surface area contributed by atoms with E-state index in [0.29, 0.717) is 41.7 Å². The van der Waals surface area contributed by atoms with Crippen molar-refractivity contribution in [1.82, 2.24) is 20.4 Å². The van der Waals surface area contributed by atoms with Gasteiger partial charge in [0.05, 0.1) is 11.6 Å². The molecular formula is C22H18ClF3N4O4. The Kier molecular flexibility index (Phi) is 5.38. The molecule has 178 valence electrons. The van der Waals surface area contributed by atoms with E-state index in [-0.39, 0.29) is 35.8 Å². The van der Waals surface area contributed by atoms with Gasteiger partial charge in [-0.2, -0.15) is 18.2 Å². The molecule has 1 aromatic carbocycles. The van der Waals surface area contributed by atoms with Crippen molar-refractivity contribution in [3.8, 4) is 11.5 Å². The third-order valence-electron chi connectivity index (χ3n) is 5.93. The van der Waals surface area contributed by atoms with Gasteiger partial charge in [-0.3, -0.25) is 4.79 Å². The first-order chi connectivity index (χ1) is 16.1. The summed E-state index contributed by atoms with van der Waals surface area (Å²) in [6.45, 7) is -0.173. The molecule has 1 amide bonds. The molecule has 0 saturated heterocycles. The smallest absolute Gasteiger partial charge is 0.433 e. The summed E-state index contributed by atoms with van der Waals surface area (Å²) in [5.41, 5.74) is -1.63. The number of carbonyl (C=O) groups excluding carboxylic acids is 1. The predicted octanol–water partition coefficient (Wildman–Crippen LogP) is 4.09. The number of halogens is 4. The molecule has 0 spiro atoms. The Morgan fingerprint density at radius 1 is 1.09 bits per heavy atom. The molecule has 3 aliphatic rings. The van der Waals surface area contributed by atoms with Gasteiger partial charge in [-0.1, -0.05) is 16.8 Å². The van der Waals surface area contributed by atoms with Crippen molar-refractivity contribution < 1.29 is 32.0 Å². The van der Waals surface area contributed by atoms with E-state index in [1.807, 2.05) is 0 Å². The quantitative estimate of drug-likeness (QED) is 0.503. The molecule has 6 rings (SSSR count). The van der Waals surface area contributed by atoms with Gasteiger partial charge in [0.2, 0.25) is 11.7 Å². The first-order valence-corrected chi connectivity index (χ1v) is 10.7. The van der Waals surface area contributed by atoms with Crippen LogP contribution < -0.4 is 14.8 Å². The van der Waals surface area contributed by atoms with Crippen LogP contribution in [0.1, 0.15) is 36.7 Å². The van der Waals surface area contributed by atoms with E-state index in [2.05, 4.69) is 20.4 Å². The number of nitrogens with one attached hydrogen (secondary N) is 1. The fraction of sp³-hybridized carbons (Fsp3) is 0.364. The number of hydrogen-bond acceptors (Lipinski definition) is 7. The number of alkyl halides is 3. The van der Waals surface area contributed by atoms with Crippen LogP contribution >= 0.6 is 11.6 Å². The van der Waals surface area contributed by atoms with Gasteiger partial charge in [0, 0.05) is 10.6 Å². The van der Waals surface area contributed by atoms with Crippen LogP contribution in [0.3, 0.4) is 0 Å². The number of rotatable bonds is 8. The first kappa shape index (κ1) is 22.5. The molecule has 0 atom stereocenters. The highest BCUT2D eigenvalue weighted by atomic mass is 35.5. The summed E-state index contributed by atoms with van der Waals surface area (Å²) in [4.78, 5) is 20.0. The number of nitrogens with zero attached hydrogens (tertiary/aromatic N) is 3. The van der Waals surface area contributed by atoms with Gasteiger partial charge in [-0.25, -0.2) is 4.98 Å². The van der Waals surface area contributed by atoms with Gasteiger partial charge in [0.25, 0.3) is 5.91 Å². The fourth-order valence-electron chi connectivity index (χ4n) is 4.47. The first-order valence-electron chi connectivity index (χ1n) is 10.3. The summed E-state index contributed by atoms with van der Waals surface area (Å²) < 4.78 is 53.9. The number of ether oxygens (including phenoxy) is 2. The minimum absolute atomic E-state index is 0.0800. The molecule has 3 fully saturated rings. The van der Waals surface area contributed by atoms with E-state index in [1.54, 1.807) is 24.3 Å². The SMILES string of the molecule is O=C(COc1ccc(C(F)(F)F)nc1)NC12CC(c3nc(COc4ccc(Cl)cc4)no3)(C1)C2. The van der Waals surface area contributed by atoms with Crippen LogP contribution in [0.25, 0.3) is 0 Å². The zero-order valence-corrected chi connectivity index (χ0v) is 18.3. The second-order valence-electron chi connectivity index (χ2n) is 8.56. The minimum atomic E-state index is -4.53. The van der Waals surface area contributed by atoms with Gasteiger partial charge in [0.15, 0.2) is 13.2 Å². The normalized spacial score (nSPS) is 22.9. The van der Waals surface area contributed by atoms with E-state index >= 15 is 0 Å². The molecule has 8 nitrogen and oxygen atoms in total. The highest BCUT2D eigenvalue weighted by Crippen LogP contribution is 2.67. The van der Waals surface area contributed by atoms with E-state index in [9.17, 15) is 18.0 Å². The summed E-state index contributed by atoms with van der Waals surface area (Å²) in [7, 11) is 0. The average Bonchev–Trinajstić information content (AvgIpc) is 3.22. The molecule has 2 aromatic heterocycles.